The number of ketones is 1. The molecule has 2 aromatic heterocycles. The molecular formula is C21H18N2O2S. The van der Waals surface area contributed by atoms with Gasteiger partial charge in [0, 0.05) is 22.6 Å². The highest BCUT2D eigenvalue weighted by atomic mass is 32.1. The standard InChI is InChI=1S/C21H18N2O2S/c1-12-18-20(17-8-5-9-26-17)19-15(22-21(18)25-23-12)10-14(11-16(19)24)13-6-3-2-4-7-13/h2-9,14,20,22H,10-11H2,1H3/t14-,20-/m0/s1. The summed E-state index contributed by atoms with van der Waals surface area (Å²) in [6, 6.07) is 14.4. The van der Waals surface area contributed by atoms with E-state index in [-0.39, 0.29) is 17.6 Å². The number of nitrogens with zero attached hydrogens (tertiary/aromatic N) is 1. The summed E-state index contributed by atoms with van der Waals surface area (Å²) >= 11 is 1.68. The molecule has 5 rings (SSSR count). The molecule has 26 heavy (non-hydrogen) atoms. The summed E-state index contributed by atoms with van der Waals surface area (Å²) in [6.45, 7) is 1.94. The molecule has 0 radical (unpaired) electrons. The number of Topliss-reactive ketones (excluding diaryl/α,β-unsaturated/α-hetero) is 1. The van der Waals surface area contributed by atoms with E-state index >= 15 is 0 Å². The smallest absolute Gasteiger partial charge is 0.233 e. The van der Waals surface area contributed by atoms with Gasteiger partial charge >= 0.3 is 0 Å². The average molecular weight is 362 g/mol. The maximum absolute atomic E-state index is 13.2. The van der Waals surface area contributed by atoms with Gasteiger partial charge in [-0.25, -0.2) is 0 Å². The zero-order valence-electron chi connectivity index (χ0n) is 14.4. The van der Waals surface area contributed by atoms with Gasteiger partial charge < -0.3 is 9.84 Å². The van der Waals surface area contributed by atoms with Gasteiger partial charge in [0.05, 0.1) is 17.2 Å². The number of aromatic nitrogens is 1. The maximum Gasteiger partial charge on any atom is 0.233 e. The van der Waals surface area contributed by atoms with Gasteiger partial charge in [0.15, 0.2) is 5.78 Å². The Morgan fingerprint density at radius 3 is 2.77 bits per heavy atom. The van der Waals surface area contributed by atoms with Crippen molar-refractivity contribution in [3.8, 4) is 0 Å². The molecule has 0 saturated heterocycles. The van der Waals surface area contributed by atoms with Gasteiger partial charge in [-0.15, -0.1) is 11.3 Å². The van der Waals surface area contributed by atoms with Crippen molar-refractivity contribution in [2.24, 2.45) is 0 Å². The first-order valence-corrected chi connectivity index (χ1v) is 9.68. The van der Waals surface area contributed by atoms with Crippen LogP contribution in [0.5, 0.6) is 0 Å². The molecule has 0 spiro atoms. The van der Waals surface area contributed by atoms with Gasteiger partial charge in [-0.3, -0.25) is 4.79 Å². The zero-order chi connectivity index (χ0) is 17.7. The lowest BCUT2D eigenvalue weighted by molar-refractivity contribution is -0.116. The fraction of sp³-hybridized carbons (Fsp3) is 0.238. The van der Waals surface area contributed by atoms with Crippen LogP contribution in [0, 0.1) is 6.92 Å². The Morgan fingerprint density at radius 2 is 2.00 bits per heavy atom. The molecule has 1 aromatic carbocycles. The molecule has 0 unspecified atom stereocenters. The molecule has 130 valence electrons. The van der Waals surface area contributed by atoms with Crippen LogP contribution < -0.4 is 5.32 Å². The molecule has 2 atom stereocenters. The topological polar surface area (TPSA) is 55.1 Å². The summed E-state index contributed by atoms with van der Waals surface area (Å²) in [4.78, 5) is 14.4. The van der Waals surface area contributed by atoms with E-state index in [9.17, 15) is 4.79 Å². The minimum atomic E-state index is -0.0725. The number of anilines is 1. The van der Waals surface area contributed by atoms with E-state index in [1.165, 1.54) is 5.56 Å². The quantitative estimate of drug-likeness (QED) is 0.697. The number of aryl methyl sites for hydroxylation is 1. The second-order valence-electron chi connectivity index (χ2n) is 6.92. The van der Waals surface area contributed by atoms with Crippen molar-refractivity contribution in [1.29, 1.82) is 0 Å². The lowest BCUT2D eigenvalue weighted by atomic mass is 9.74. The van der Waals surface area contributed by atoms with Crippen LogP contribution in [0.25, 0.3) is 0 Å². The molecule has 0 amide bonds. The Kier molecular flexibility index (Phi) is 3.57. The highest BCUT2D eigenvalue weighted by Gasteiger charge is 2.41. The first-order valence-electron chi connectivity index (χ1n) is 8.80. The van der Waals surface area contributed by atoms with Crippen LogP contribution in [-0.4, -0.2) is 10.9 Å². The molecule has 3 aromatic rings. The molecule has 5 heteroatoms. The zero-order valence-corrected chi connectivity index (χ0v) is 15.2. The van der Waals surface area contributed by atoms with Crippen molar-refractivity contribution >= 4 is 23.0 Å². The van der Waals surface area contributed by atoms with Crippen LogP contribution in [-0.2, 0) is 4.79 Å². The van der Waals surface area contributed by atoms with Crippen LogP contribution >= 0.6 is 11.3 Å². The van der Waals surface area contributed by atoms with E-state index in [1.54, 1.807) is 11.3 Å². The third-order valence-corrected chi connectivity index (χ3v) is 6.29. The minimum Gasteiger partial charge on any atom is -0.338 e. The number of thiophene rings is 1. The highest BCUT2D eigenvalue weighted by Crippen LogP contribution is 2.49. The molecule has 0 bridgehead atoms. The predicted molar refractivity (Wildman–Crippen MR) is 101 cm³/mol. The molecule has 0 fully saturated rings. The lowest BCUT2D eigenvalue weighted by Gasteiger charge is -2.34. The number of carbonyl (C=O) groups is 1. The predicted octanol–water partition coefficient (Wildman–Crippen LogP) is 5.00. The molecule has 1 N–H and O–H groups in total. The van der Waals surface area contributed by atoms with Gasteiger partial charge in [0.25, 0.3) is 0 Å². The van der Waals surface area contributed by atoms with Gasteiger partial charge in [0.2, 0.25) is 5.88 Å². The third kappa shape index (κ3) is 2.35. The molecule has 0 saturated carbocycles. The fourth-order valence-corrected chi connectivity index (χ4v) is 5.02. The third-order valence-electron chi connectivity index (χ3n) is 5.36. The Hall–Kier alpha value is -2.66. The monoisotopic (exact) mass is 362 g/mol. The summed E-state index contributed by atoms with van der Waals surface area (Å²) in [5, 5.41) is 9.58. The van der Waals surface area contributed by atoms with Gasteiger partial charge in [0.1, 0.15) is 0 Å². The van der Waals surface area contributed by atoms with Crippen molar-refractivity contribution in [2.75, 3.05) is 5.32 Å². The van der Waals surface area contributed by atoms with E-state index in [0.717, 1.165) is 33.8 Å². The van der Waals surface area contributed by atoms with Crippen LogP contribution in [0.2, 0.25) is 0 Å². The van der Waals surface area contributed by atoms with E-state index in [2.05, 4.69) is 34.1 Å². The van der Waals surface area contributed by atoms with Gasteiger partial charge in [-0.1, -0.05) is 41.6 Å². The van der Waals surface area contributed by atoms with E-state index in [0.29, 0.717) is 12.3 Å². The normalized spacial score (nSPS) is 22.0. The number of nitrogens with one attached hydrogen (secondary N) is 1. The Labute approximate surface area is 155 Å². The van der Waals surface area contributed by atoms with E-state index in [4.69, 9.17) is 4.52 Å². The van der Waals surface area contributed by atoms with Crippen molar-refractivity contribution in [2.45, 2.75) is 31.6 Å². The number of fused-ring (bicyclic) bond motifs is 1. The van der Waals surface area contributed by atoms with E-state index < -0.39 is 0 Å². The molecule has 4 nitrogen and oxygen atoms in total. The van der Waals surface area contributed by atoms with E-state index in [1.807, 2.05) is 31.2 Å². The first-order chi connectivity index (χ1) is 12.7. The maximum atomic E-state index is 13.2. The molecule has 1 aliphatic heterocycles. The number of hydrogen-bond donors (Lipinski definition) is 1. The number of hydrogen-bond acceptors (Lipinski definition) is 5. The largest absolute Gasteiger partial charge is 0.338 e. The summed E-state index contributed by atoms with van der Waals surface area (Å²) in [7, 11) is 0. The second-order valence-corrected chi connectivity index (χ2v) is 7.89. The number of rotatable bonds is 2. The highest BCUT2D eigenvalue weighted by molar-refractivity contribution is 7.10. The van der Waals surface area contributed by atoms with Crippen LogP contribution in [0.15, 0.2) is 63.6 Å². The van der Waals surface area contributed by atoms with Crippen LogP contribution in [0.4, 0.5) is 5.88 Å². The minimum absolute atomic E-state index is 0.0725. The Balaban J connectivity index is 1.62. The SMILES string of the molecule is Cc1noc2c1[C@H](c1cccs1)C1=C(C[C@H](c3ccccc3)CC1=O)N2. The van der Waals surface area contributed by atoms with Crippen molar-refractivity contribution < 1.29 is 9.32 Å². The van der Waals surface area contributed by atoms with Gasteiger partial charge in [-0.05, 0) is 36.3 Å². The van der Waals surface area contributed by atoms with Crippen molar-refractivity contribution in [1.82, 2.24) is 5.16 Å². The molecule has 2 aliphatic rings. The fourth-order valence-electron chi connectivity index (χ4n) is 4.17. The van der Waals surface area contributed by atoms with Crippen LogP contribution in [0.1, 0.15) is 46.4 Å². The lowest BCUT2D eigenvalue weighted by Crippen LogP contribution is -2.29. The summed E-state index contributed by atoms with van der Waals surface area (Å²) in [6.07, 6.45) is 1.36. The summed E-state index contributed by atoms with van der Waals surface area (Å²) in [5.74, 6) is 1.03. The molecule has 1 aliphatic carbocycles. The molecule has 3 heterocycles. The van der Waals surface area contributed by atoms with Gasteiger partial charge in [-0.2, -0.15) is 0 Å². The van der Waals surface area contributed by atoms with Crippen molar-refractivity contribution in [3.05, 3.63) is 80.8 Å². The Bertz CT molecular complexity index is 1000. The average Bonchev–Trinajstić information content (AvgIpc) is 3.31. The summed E-state index contributed by atoms with van der Waals surface area (Å²) < 4.78 is 5.54. The number of benzene rings is 1. The number of allylic oxidation sites excluding steroid dienone is 2. The van der Waals surface area contributed by atoms with Crippen molar-refractivity contribution in [3.63, 3.8) is 0 Å². The summed E-state index contributed by atoms with van der Waals surface area (Å²) in [5.41, 5.74) is 4.92. The Morgan fingerprint density at radius 1 is 1.15 bits per heavy atom. The van der Waals surface area contributed by atoms with Crippen LogP contribution in [0.3, 0.4) is 0 Å². The molecular weight excluding hydrogens is 344 g/mol. The second kappa shape index (κ2) is 5.95. The number of carbonyl (C=O) groups excluding carboxylic acids is 1. The first kappa shape index (κ1) is 15.6.